The minimum absolute atomic E-state index is 0.0870. The Balaban J connectivity index is 1.61. The molecule has 1 fully saturated rings. The molecule has 4 rings (SSSR count). The highest BCUT2D eigenvalue weighted by atomic mass is 16.5. The topological polar surface area (TPSA) is 82.6 Å². The van der Waals surface area contributed by atoms with Crippen LogP contribution in [0.4, 0.5) is 0 Å². The maximum absolute atomic E-state index is 13.3. The van der Waals surface area contributed by atoms with Gasteiger partial charge in [-0.3, -0.25) is 4.79 Å². The van der Waals surface area contributed by atoms with Gasteiger partial charge in [0.2, 0.25) is 0 Å². The molecule has 1 aliphatic rings. The normalized spacial score (nSPS) is 17.1. The van der Waals surface area contributed by atoms with Crippen LogP contribution in [0, 0.1) is 0 Å². The maximum atomic E-state index is 13.3. The van der Waals surface area contributed by atoms with Crippen molar-refractivity contribution in [1.29, 1.82) is 0 Å². The van der Waals surface area contributed by atoms with E-state index in [2.05, 4.69) is 10.1 Å². The summed E-state index contributed by atoms with van der Waals surface area (Å²) in [5.41, 5.74) is 2.65. The van der Waals surface area contributed by atoms with Crippen molar-refractivity contribution in [3.05, 3.63) is 59.9 Å². The van der Waals surface area contributed by atoms with Crippen LogP contribution in [-0.2, 0) is 23.1 Å². The van der Waals surface area contributed by atoms with Crippen LogP contribution in [0.3, 0.4) is 0 Å². The van der Waals surface area contributed by atoms with Gasteiger partial charge in [0.25, 0.3) is 11.8 Å². The Hall–Kier alpha value is -2.97. The zero-order valence-corrected chi connectivity index (χ0v) is 15.9. The second-order valence-corrected chi connectivity index (χ2v) is 6.60. The maximum Gasteiger partial charge on any atom is 0.271 e. The number of hydrogen-bond donors (Lipinski definition) is 0. The van der Waals surface area contributed by atoms with Crippen LogP contribution in [0.1, 0.15) is 28.2 Å². The highest BCUT2D eigenvalue weighted by Crippen LogP contribution is 2.27. The van der Waals surface area contributed by atoms with Gasteiger partial charge in [0.05, 0.1) is 13.2 Å². The number of carbonyl (C=O) groups is 1. The van der Waals surface area contributed by atoms with Crippen molar-refractivity contribution in [3.63, 3.8) is 0 Å². The molecule has 1 aromatic carbocycles. The van der Waals surface area contributed by atoms with E-state index in [1.807, 2.05) is 54.1 Å². The van der Waals surface area contributed by atoms with Crippen LogP contribution < -0.4 is 0 Å². The number of morpholine rings is 1. The average Bonchev–Trinajstić information content (AvgIpc) is 3.35. The van der Waals surface area contributed by atoms with E-state index in [1.165, 1.54) is 0 Å². The quantitative estimate of drug-likeness (QED) is 0.674. The molecule has 28 heavy (non-hydrogen) atoms. The number of amides is 1. The highest BCUT2D eigenvalue weighted by Gasteiger charge is 2.34. The van der Waals surface area contributed by atoms with Crippen LogP contribution in [0.2, 0.25) is 0 Å². The number of methoxy groups -OCH3 is 1. The van der Waals surface area contributed by atoms with Crippen molar-refractivity contribution in [2.45, 2.75) is 12.6 Å². The molecule has 0 radical (unpaired) electrons. The van der Waals surface area contributed by atoms with Crippen molar-refractivity contribution in [2.24, 2.45) is 7.05 Å². The minimum atomic E-state index is -0.398. The average molecular weight is 382 g/mol. The van der Waals surface area contributed by atoms with Crippen molar-refractivity contribution in [1.82, 2.24) is 19.6 Å². The molecule has 0 saturated carbocycles. The Morgan fingerprint density at radius 3 is 2.86 bits per heavy atom. The Morgan fingerprint density at radius 1 is 1.25 bits per heavy atom. The molecule has 1 saturated heterocycles. The van der Waals surface area contributed by atoms with Crippen molar-refractivity contribution in [2.75, 3.05) is 26.9 Å². The number of rotatable bonds is 5. The fraction of sp³-hybridized carbons (Fsp3) is 0.350. The number of aromatic nitrogens is 3. The van der Waals surface area contributed by atoms with E-state index in [1.54, 1.807) is 12.0 Å². The predicted molar refractivity (Wildman–Crippen MR) is 100 cm³/mol. The van der Waals surface area contributed by atoms with Gasteiger partial charge in [-0.1, -0.05) is 35.5 Å². The van der Waals surface area contributed by atoms with Crippen LogP contribution in [0.15, 0.2) is 47.0 Å². The second-order valence-electron chi connectivity index (χ2n) is 6.60. The Morgan fingerprint density at radius 2 is 2.07 bits per heavy atom. The third-order valence-electron chi connectivity index (χ3n) is 4.85. The number of nitrogens with zero attached hydrogens (tertiary/aromatic N) is 4. The molecule has 2 aromatic heterocycles. The third kappa shape index (κ3) is 3.44. The van der Waals surface area contributed by atoms with Crippen LogP contribution in [0.5, 0.6) is 0 Å². The first-order valence-electron chi connectivity index (χ1n) is 9.10. The molecule has 0 unspecified atom stereocenters. The first-order valence-corrected chi connectivity index (χ1v) is 9.10. The van der Waals surface area contributed by atoms with E-state index in [0.717, 1.165) is 11.3 Å². The summed E-state index contributed by atoms with van der Waals surface area (Å²) in [4.78, 5) is 19.4. The van der Waals surface area contributed by atoms with Gasteiger partial charge in [-0.2, -0.15) is 4.98 Å². The summed E-state index contributed by atoms with van der Waals surface area (Å²) in [6, 6.07) is 13.4. The largest absolute Gasteiger partial charge is 0.377 e. The highest BCUT2D eigenvalue weighted by molar-refractivity contribution is 5.94. The molecular weight excluding hydrogens is 360 g/mol. The summed E-state index contributed by atoms with van der Waals surface area (Å²) in [6.45, 7) is 1.49. The van der Waals surface area contributed by atoms with Crippen LogP contribution in [0.25, 0.3) is 11.3 Å². The van der Waals surface area contributed by atoms with Gasteiger partial charge in [-0.15, -0.1) is 0 Å². The van der Waals surface area contributed by atoms with Gasteiger partial charge < -0.3 is 23.5 Å². The van der Waals surface area contributed by atoms with E-state index in [4.69, 9.17) is 14.0 Å². The molecule has 0 spiro atoms. The van der Waals surface area contributed by atoms with E-state index in [-0.39, 0.29) is 12.5 Å². The molecule has 3 heterocycles. The SMILES string of the molecule is COCc1nc([C@@H]2COCCN2C(=O)c2ccc(-c3ccccc3)n2C)no1. The molecule has 0 aliphatic carbocycles. The summed E-state index contributed by atoms with van der Waals surface area (Å²) < 4.78 is 17.7. The summed E-state index contributed by atoms with van der Waals surface area (Å²) in [6.07, 6.45) is 0. The first kappa shape index (κ1) is 18.4. The summed E-state index contributed by atoms with van der Waals surface area (Å²) >= 11 is 0. The molecule has 8 nitrogen and oxygen atoms in total. The van der Waals surface area contributed by atoms with Crippen LogP contribution >= 0.6 is 0 Å². The predicted octanol–water partition coefficient (Wildman–Crippen LogP) is 2.44. The summed E-state index contributed by atoms with van der Waals surface area (Å²) in [5.74, 6) is 0.717. The number of ether oxygens (including phenoxy) is 2. The van der Waals surface area contributed by atoms with Crippen molar-refractivity contribution in [3.8, 4) is 11.3 Å². The lowest BCUT2D eigenvalue weighted by Crippen LogP contribution is -2.44. The Kier molecular flexibility index (Phi) is 5.23. The zero-order chi connectivity index (χ0) is 19.5. The molecule has 1 amide bonds. The van der Waals surface area contributed by atoms with Gasteiger partial charge in [0.15, 0.2) is 5.82 Å². The minimum Gasteiger partial charge on any atom is -0.377 e. The van der Waals surface area contributed by atoms with E-state index < -0.39 is 6.04 Å². The van der Waals surface area contributed by atoms with Crippen molar-refractivity contribution >= 4 is 5.91 Å². The van der Waals surface area contributed by atoms with Gasteiger partial charge in [0, 0.05) is 26.4 Å². The first-order chi connectivity index (χ1) is 13.7. The van der Waals surface area contributed by atoms with Gasteiger partial charge in [0.1, 0.15) is 18.3 Å². The molecule has 0 N–H and O–H groups in total. The van der Waals surface area contributed by atoms with E-state index in [0.29, 0.717) is 37.2 Å². The molecule has 146 valence electrons. The fourth-order valence-electron chi connectivity index (χ4n) is 3.42. The van der Waals surface area contributed by atoms with Crippen LogP contribution in [-0.4, -0.2) is 52.4 Å². The zero-order valence-electron chi connectivity index (χ0n) is 15.9. The molecule has 1 atom stereocenters. The molecule has 0 bridgehead atoms. The third-order valence-corrected chi connectivity index (χ3v) is 4.85. The van der Waals surface area contributed by atoms with Crippen molar-refractivity contribution < 1.29 is 18.8 Å². The molecular formula is C20H22N4O4. The lowest BCUT2D eigenvalue weighted by Gasteiger charge is -2.33. The number of carbonyl (C=O) groups excluding carboxylic acids is 1. The van der Waals surface area contributed by atoms with Gasteiger partial charge in [-0.05, 0) is 17.7 Å². The molecule has 1 aliphatic heterocycles. The molecule has 3 aromatic rings. The number of hydrogen-bond acceptors (Lipinski definition) is 6. The lowest BCUT2D eigenvalue weighted by molar-refractivity contribution is -0.00624. The van der Waals surface area contributed by atoms with Gasteiger partial charge >= 0.3 is 0 Å². The van der Waals surface area contributed by atoms with E-state index in [9.17, 15) is 4.79 Å². The Bertz CT molecular complexity index is 950. The summed E-state index contributed by atoms with van der Waals surface area (Å²) in [7, 11) is 3.46. The fourth-order valence-corrected chi connectivity index (χ4v) is 3.42. The van der Waals surface area contributed by atoms with Gasteiger partial charge in [-0.25, -0.2) is 0 Å². The Labute approximate surface area is 162 Å². The smallest absolute Gasteiger partial charge is 0.271 e. The molecule has 8 heteroatoms. The van der Waals surface area contributed by atoms with E-state index >= 15 is 0 Å². The standard InChI is InChI=1S/C20H22N4O4/c1-23-15(14-6-4-3-5-7-14)8-9-16(23)20(25)24-10-11-27-12-17(24)19-21-18(13-26-2)28-22-19/h3-9,17H,10-13H2,1-2H3/t17-/m0/s1. The lowest BCUT2D eigenvalue weighted by atomic mass is 10.2. The second kappa shape index (κ2) is 7.95. The summed E-state index contributed by atoms with van der Waals surface area (Å²) in [5, 5.41) is 4.01. The number of benzene rings is 1. The monoisotopic (exact) mass is 382 g/mol.